The predicted molar refractivity (Wildman–Crippen MR) is 249 cm³/mol. The van der Waals surface area contributed by atoms with Gasteiger partial charge in [0.2, 0.25) is 12.2 Å². The van der Waals surface area contributed by atoms with Crippen LogP contribution in [-0.2, 0) is 35.0 Å². The molecule has 0 amide bonds. The minimum atomic E-state index is -0.416. The number of nitrogens with zero attached hydrogens (tertiary/aromatic N) is 7. The normalized spacial score (nSPS) is 11.1. The fourth-order valence-electron chi connectivity index (χ4n) is 6.71. The first-order chi connectivity index (χ1) is 32.5. The van der Waals surface area contributed by atoms with Crippen LogP contribution in [0.15, 0.2) is 78.9 Å². The van der Waals surface area contributed by atoms with Crippen molar-refractivity contribution in [2.45, 2.75) is 84.5 Å². The van der Waals surface area contributed by atoms with E-state index in [0.717, 1.165) is 78.7 Å². The van der Waals surface area contributed by atoms with Crippen LogP contribution in [0.4, 0.5) is 15.8 Å². The predicted octanol–water partition coefficient (Wildman–Crippen LogP) is 9.05. The SMILES string of the molecule is Cc1[nH]n2nc(-c3ccc(NCOCOC(=O)CCCCCCCCCC[N+](=O)[O-])cc3)nc2c1F.Cc1[nH]n2nc(-c3ccc(NCOCOC(=O)CCc4ccccc4)cc3)nc2c1Cl. The van der Waals surface area contributed by atoms with E-state index in [4.69, 9.17) is 30.5 Å². The van der Waals surface area contributed by atoms with Gasteiger partial charge in [0.25, 0.3) is 0 Å². The number of nitro groups is 1. The van der Waals surface area contributed by atoms with Crippen molar-refractivity contribution < 1.29 is 37.9 Å². The second-order valence-corrected chi connectivity index (χ2v) is 15.9. The minimum Gasteiger partial charge on any atom is -0.438 e. The number of aryl methyl sites for hydroxylation is 3. The van der Waals surface area contributed by atoms with Gasteiger partial charge in [-0.05, 0) is 87.2 Å². The molecule has 356 valence electrons. The van der Waals surface area contributed by atoms with Gasteiger partial charge < -0.3 is 29.6 Å². The minimum absolute atomic E-state index is 0.0571. The Morgan fingerprint density at radius 1 is 0.687 bits per heavy atom. The second kappa shape index (κ2) is 25.7. The fourth-order valence-corrected chi connectivity index (χ4v) is 6.87. The molecule has 0 aliphatic rings. The molecule has 0 atom stereocenters. The van der Waals surface area contributed by atoms with Crippen molar-refractivity contribution in [3.63, 3.8) is 0 Å². The van der Waals surface area contributed by atoms with E-state index in [1.54, 1.807) is 11.6 Å². The number of carbonyl (C=O) groups is 2. The zero-order valence-corrected chi connectivity index (χ0v) is 38.2. The summed E-state index contributed by atoms with van der Waals surface area (Å²) >= 11 is 6.21. The third-order valence-electron chi connectivity index (χ3n) is 10.4. The Morgan fingerprint density at radius 2 is 1.18 bits per heavy atom. The summed E-state index contributed by atoms with van der Waals surface area (Å²) in [5.74, 6) is 0.0151. The van der Waals surface area contributed by atoms with Crippen LogP contribution in [0.1, 0.15) is 81.2 Å². The lowest BCUT2D eigenvalue weighted by atomic mass is 10.1. The monoisotopic (exact) mass is 943 g/mol. The highest BCUT2D eigenvalue weighted by atomic mass is 35.5. The number of aromatic nitrogens is 8. The van der Waals surface area contributed by atoms with Gasteiger partial charge in [-0.2, -0.15) is 9.26 Å². The van der Waals surface area contributed by atoms with E-state index in [9.17, 15) is 24.1 Å². The van der Waals surface area contributed by atoms with Crippen LogP contribution in [0.2, 0.25) is 5.02 Å². The molecule has 0 spiro atoms. The first-order valence-corrected chi connectivity index (χ1v) is 22.4. The topological polar surface area (TPSA) is 230 Å². The van der Waals surface area contributed by atoms with Crippen molar-refractivity contribution in [1.29, 1.82) is 0 Å². The third kappa shape index (κ3) is 15.6. The van der Waals surface area contributed by atoms with Crippen LogP contribution >= 0.6 is 11.6 Å². The maximum Gasteiger partial charge on any atom is 0.308 e. The standard InChI is InChI=1S/C24H33FN6O5.C22H22ClN5O3/c1-18-22(25)24-27-23(29-31(24)28-18)19-11-13-20(14-12-19)26-16-35-17-36-21(32)10-8-6-4-2-3-5-7-9-15-30(33)34;1-15-20(23)22-25-21(27-28(22)26-15)17-8-10-18(11-9-17)24-13-30-14-31-19(29)12-7-16-5-3-2-4-6-16/h11-14,26,28H,2-10,15-17H2,1H3;2-6,8-11,24,26H,7,12-14H2,1H3. The maximum absolute atomic E-state index is 13.9. The molecule has 0 unspecified atom stereocenters. The van der Waals surface area contributed by atoms with Crippen molar-refractivity contribution in [3.05, 3.63) is 117 Å². The molecule has 0 saturated carbocycles. The van der Waals surface area contributed by atoms with Crippen molar-refractivity contribution >= 4 is 46.2 Å². The van der Waals surface area contributed by atoms with Crippen molar-refractivity contribution in [2.24, 2.45) is 0 Å². The zero-order valence-electron chi connectivity index (χ0n) is 37.5. The number of aromatic amines is 2. The number of nitrogens with one attached hydrogen (secondary N) is 4. The molecular formula is C46H55ClFN11O8. The Labute approximate surface area is 390 Å². The van der Waals surface area contributed by atoms with Gasteiger partial charge in [-0.1, -0.05) is 74.0 Å². The summed E-state index contributed by atoms with van der Waals surface area (Å²) in [6.07, 6.45) is 8.83. The van der Waals surface area contributed by atoms with E-state index in [2.05, 4.69) is 41.0 Å². The highest BCUT2D eigenvalue weighted by Crippen LogP contribution is 2.25. The number of ether oxygens (including phenoxy) is 4. The number of H-pyrrole nitrogens is 2. The van der Waals surface area contributed by atoms with Crippen LogP contribution in [0, 0.1) is 29.8 Å². The molecule has 0 radical (unpaired) electrons. The van der Waals surface area contributed by atoms with E-state index < -0.39 is 5.82 Å². The zero-order chi connectivity index (χ0) is 47.4. The molecule has 0 saturated heterocycles. The van der Waals surface area contributed by atoms with Crippen molar-refractivity contribution in [1.82, 2.24) is 39.6 Å². The smallest absolute Gasteiger partial charge is 0.308 e. The van der Waals surface area contributed by atoms with Gasteiger partial charge in [0.15, 0.2) is 36.7 Å². The van der Waals surface area contributed by atoms with Crippen molar-refractivity contribution in [3.8, 4) is 22.8 Å². The van der Waals surface area contributed by atoms with Gasteiger partial charge in [-0.25, -0.2) is 14.4 Å². The number of esters is 2. The average Bonchev–Trinajstić information content (AvgIpc) is 4.08. The van der Waals surface area contributed by atoms with Gasteiger partial charge in [0.05, 0.1) is 11.4 Å². The number of anilines is 2. The summed E-state index contributed by atoms with van der Waals surface area (Å²) in [6.45, 7) is 3.71. The molecular weight excluding hydrogens is 889 g/mol. The van der Waals surface area contributed by atoms with Crippen LogP contribution in [0.3, 0.4) is 0 Å². The summed E-state index contributed by atoms with van der Waals surface area (Å²) < 4.78 is 37.6. The van der Waals surface area contributed by atoms with Gasteiger partial charge in [-0.15, -0.1) is 10.2 Å². The third-order valence-corrected chi connectivity index (χ3v) is 10.8. The molecule has 19 nitrogen and oxygen atoms in total. The van der Waals surface area contributed by atoms with Gasteiger partial charge in [0, 0.05) is 46.7 Å². The average molecular weight is 944 g/mol. The molecule has 7 rings (SSSR count). The summed E-state index contributed by atoms with van der Waals surface area (Å²) in [4.78, 5) is 42.2. The lowest BCUT2D eigenvalue weighted by Crippen LogP contribution is -2.13. The van der Waals surface area contributed by atoms with E-state index in [-0.39, 0.29) is 56.1 Å². The summed E-state index contributed by atoms with van der Waals surface area (Å²) in [5.41, 5.74) is 6.34. The van der Waals surface area contributed by atoms with E-state index >= 15 is 0 Å². The van der Waals surface area contributed by atoms with E-state index in [1.165, 1.54) is 4.63 Å². The molecule has 4 aromatic heterocycles. The van der Waals surface area contributed by atoms with Crippen LogP contribution in [0.25, 0.3) is 34.1 Å². The largest absolute Gasteiger partial charge is 0.438 e. The molecule has 67 heavy (non-hydrogen) atoms. The first kappa shape index (κ1) is 49.5. The number of fused-ring (bicyclic) bond motifs is 2. The molecule has 0 fully saturated rings. The fraction of sp³-hybridized carbons (Fsp3) is 0.391. The van der Waals surface area contributed by atoms with Crippen LogP contribution < -0.4 is 10.6 Å². The quantitative estimate of drug-likeness (QED) is 0.0131. The molecule has 7 aromatic rings. The summed E-state index contributed by atoms with van der Waals surface area (Å²) in [6, 6.07) is 24.7. The lowest BCUT2D eigenvalue weighted by Gasteiger charge is -2.09. The van der Waals surface area contributed by atoms with Gasteiger partial charge >= 0.3 is 11.9 Å². The summed E-state index contributed by atoms with van der Waals surface area (Å²) in [5, 5.41) is 31.5. The van der Waals surface area contributed by atoms with Gasteiger partial charge in [-0.3, -0.25) is 29.9 Å². The molecule has 3 aromatic carbocycles. The highest BCUT2D eigenvalue weighted by Gasteiger charge is 2.15. The maximum atomic E-state index is 13.9. The number of unbranched alkanes of at least 4 members (excludes halogenated alkanes) is 7. The Kier molecular flexibility index (Phi) is 19.0. The molecule has 0 bridgehead atoms. The summed E-state index contributed by atoms with van der Waals surface area (Å²) in [7, 11) is 0. The molecule has 0 aliphatic heterocycles. The number of hydrogen-bond acceptors (Lipinski definition) is 14. The molecule has 0 aliphatic carbocycles. The number of carbonyl (C=O) groups excluding carboxylic acids is 2. The van der Waals surface area contributed by atoms with E-state index in [0.29, 0.717) is 53.7 Å². The second-order valence-electron chi connectivity index (χ2n) is 15.5. The van der Waals surface area contributed by atoms with Crippen LogP contribution in [-0.4, -0.2) is 90.1 Å². The van der Waals surface area contributed by atoms with Gasteiger partial charge in [0.1, 0.15) is 18.5 Å². The van der Waals surface area contributed by atoms with Crippen LogP contribution in [0.5, 0.6) is 0 Å². The lowest BCUT2D eigenvalue weighted by molar-refractivity contribution is -0.480. The number of halogens is 2. The Morgan fingerprint density at radius 3 is 1.72 bits per heavy atom. The molecule has 4 heterocycles. The number of rotatable bonds is 26. The number of hydrogen-bond donors (Lipinski definition) is 4. The Hall–Kier alpha value is -6.90. The number of benzene rings is 3. The van der Waals surface area contributed by atoms with E-state index in [1.807, 2.05) is 85.8 Å². The Balaban J connectivity index is 0.000000223. The molecule has 4 N–H and O–H groups in total. The molecule has 21 heteroatoms. The first-order valence-electron chi connectivity index (χ1n) is 22.1. The Bertz CT molecular complexity index is 2630. The van der Waals surface area contributed by atoms with Crippen molar-refractivity contribution in [2.75, 3.05) is 44.2 Å². The highest BCUT2D eigenvalue weighted by molar-refractivity contribution is 6.34.